The third kappa shape index (κ3) is 2.37. The molecule has 0 amide bonds. The minimum absolute atomic E-state index is 0.178. The van der Waals surface area contributed by atoms with Gasteiger partial charge in [-0.3, -0.25) is 0 Å². The molecule has 3 rings (SSSR count). The van der Waals surface area contributed by atoms with Crippen LogP contribution in [0.2, 0.25) is 5.02 Å². The molecule has 0 unspecified atom stereocenters. The van der Waals surface area contributed by atoms with Crippen LogP contribution in [0, 0.1) is 0 Å². The van der Waals surface area contributed by atoms with Gasteiger partial charge in [-0.15, -0.1) is 0 Å². The largest absolute Gasteiger partial charge is 0.508 e. The lowest BCUT2D eigenvalue weighted by atomic mass is 10.2. The number of fused-ring (bicyclic) bond motifs is 1. The summed E-state index contributed by atoms with van der Waals surface area (Å²) in [5.41, 5.74) is 1.58. The van der Waals surface area contributed by atoms with E-state index in [0.29, 0.717) is 23.0 Å². The molecular weight excluding hydrogens is 264 g/mol. The summed E-state index contributed by atoms with van der Waals surface area (Å²) < 4.78 is 11.0. The minimum atomic E-state index is 0.178. The zero-order valence-corrected chi connectivity index (χ0v) is 10.7. The van der Waals surface area contributed by atoms with Gasteiger partial charge in [-0.25, -0.2) is 0 Å². The summed E-state index contributed by atoms with van der Waals surface area (Å²) in [6.45, 7) is 0.358. The van der Waals surface area contributed by atoms with Gasteiger partial charge in [0.2, 0.25) is 0 Å². The molecule has 0 atom stereocenters. The predicted octanol–water partition coefficient (Wildman–Crippen LogP) is 4.37. The highest BCUT2D eigenvalue weighted by Crippen LogP contribution is 2.28. The Kier molecular flexibility index (Phi) is 3.05. The zero-order valence-electron chi connectivity index (χ0n) is 9.97. The smallest absolute Gasteiger partial charge is 0.152 e. The molecule has 0 spiro atoms. The molecule has 1 N–H and O–H groups in total. The van der Waals surface area contributed by atoms with Crippen molar-refractivity contribution in [3.05, 3.63) is 59.3 Å². The van der Waals surface area contributed by atoms with Crippen LogP contribution in [0.15, 0.2) is 53.1 Å². The summed E-state index contributed by atoms with van der Waals surface area (Å²) in [6.07, 6.45) is 1.64. The van der Waals surface area contributed by atoms with Gasteiger partial charge in [-0.2, -0.15) is 0 Å². The molecular formula is C15H11ClO3. The third-order valence-electron chi connectivity index (χ3n) is 2.84. The number of aromatic hydroxyl groups is 1. The van der Waals surface area contributed by atoms with E-state index in [2.05, 4.69) is 0 Å². The van der Waals surface area contributed by atoms with E-state index < -0.39 is 0 Å². The average Bonchev–Trinajstić information content (AvgIpc) is 2.81. The molecule has 0 fully saturated rings. The lowest BCUT2D eigenvalue weighted by molar-refractivity contribution is 0.304. The van der Waals surface area contributed by atoms with E-state index in [0.717, 1.165) is 10.9 Å². The second kappa shape index (κ2) is 4.86. The highest BCUT2D eigenvalue weighted by atomic mass is 35.5. The molecule has 3 nitrogen and oxygen atoms in total. The topological polar surface area (TPSA) is 42.6 Å². The third-order valence-corrected chi connectivity index (χ3v) is 3.14. The molecule has 0 radical (unpaired) electrons. The van der Waals surface area contributed by atoms with Gasteiger partial charge in [0.25, 0.3) is 0 Å². The van der Waals surface area contributed by atoms with E-state index in [4.69, 9.17) is 20.8 Å². The van der Waals surface area contributed by atoms with E-state index in [-0.39, 0.29) is 5.75 Å². The van der Waals surface area contributed by atoms with Crippen molar-refractivity contribution >= 4 is 22.6 Å². The molecule has 0 saturated carbocycles. The normalized spacial score (nSPS) is 10.8. The lowest BCUT2D eigenvalue weighted by Gasteiger charge is -2.05. The van der Waals surface area contributed by atoms with Crippen LogP contribution < -0.4 is 4.74 Å². The molecule has 3 aromatic rings. The number of ether oxygens (including phenoxy) is 1. The maximum Gasteiger partial charge on any atom is 0.152 e. The van der Waals surface area contributed by atoms with Gasteiger partial charge in [0.1, 0.15) is 18.1 Å². The Morgan fingerprint density at radius 2 is 2.00 bits per heavy atom. The van der Waals surface area contributed by atoms with Crippen LogP contribution in [0.4, 0.5) is 0 Å². The summed E-state index contributed by atoms with van der Waals surface area (Å²) in [5, 5.41) is 10.9. The number of rotatable bonds is 3. The number of hydrogen-bond acceptors (Lipinski definition) is 3. The fraction of sp³-hybridized carbons (Fsp3) is 0.0667. The molecule has 19 heavy (non-hydrogen) atoms. The number of phenolic OH excluding ortho intramolecular Hbond substituents is 1. The number of benzene rings is 2. The highest BCUT2D eigenvalue weighted by molar-refractivity contribution is 6.34. The Balaban J connectivity index is 1.84. The highest BCUT2D eigenvalue weighted by Gasteiger charge is 2.09. The molecule has 96 valence electrons. The van der Waals surface area contributed by atoms with Crippen LogP contribution in [0.25, 0.3) is 11.0 Å². The quantitative estimate of drug-likeness (QED) is 0.771. The molecule has 0 aliphatic heterocycles. The van der Waals surface area contributed by atoms with Crippen molar-refractivity contribution in [2.24, 2.45) is 0 Å². The Bertz CT molecular complexity index is 718. The molecule has 2 aromatic carbocycles. The maximum atomic E-state index is 9.36. The molecule has 1 aromatic heterocycles. The first-order valence-electron chi connectivity index (χ1n) is 5.80. The molecule has 0 saturated heterocycles. The number of phenols is 1. The summed E-state index contributed by atoms with van der Waals surface area (Å²) in [5.74, 6) is 0.786. The SMILES string of the molecule is Oc1cccc(OCc2coc3c(Cl)cccc23)c1. The fourth-order valence-electron chi connectivity index (χ4n) is 1.92. The minimum Gasteiger partial charge on any atom is -0.508 e. The van der Waals surface area contributed by atoms with E-state index in [1.165, 1.54) is 0 Å². The second-order valence-corrected chi connectivity index (χ2v) is 4.57. The number of para-hydroxylation sites is 1. The first kappa shape index (κ1) is 11.9. The Morgan fingerprint density at radius 1 is 1.16 bits per heavy atom. The first-order valence-corrected chi connectivity index (χ1v) is 6.18. The molecule has 1 heterocycles. The summed E-state index contributed by atoms with van der Waals surface area (Å²) in [7, 11) is 0. The molecule has 0 aliphatic rings. The van der Waals surface area contributed by atoms with Crippen molar-refractivity contribution in [2.75, 3.05) is 0 Å². The van der Waals surface area contributed by atoms with Gasteiger partial charge >= 0.3 is 0 Å². The van der Waals surface area contributed by atoms with Crippen LogP contribution in [-0.4, -0.2) is 5.11 Å². The van der Waals surface area contributed by atoms with Crippen molar-refractivity contribution in [1.82, 2.24) is 0 Å². The monoisotopic (exact) mass is 274 g/mol. The zero-order chi connectivity index (χ0) is 13.2. The molecule has 4 heteroatoms. The van der Waals surface area contributed by atoms with Crippen molar-refractivity contribution < 1.29 is 14.3 Å². The van der Waals surface area contributed by atoms with Crippen LogP contribution in [-0.2, 0) is 6.61 Å². The summed E-state index contributed by atoms with van der Waals surface area (Å²) in [4.78, 5) is 0. The van der Waals surface area contributed by atoms with E-state index in [1.807, 2.05) is 12.1 Å². The lowest BCUT2D eigenvalue weighted by Crippen LogP contribution is -1.93. The van der Waals surface area contributed by atoms with Crippen molar-refractivity contribution in [3.8, 4) is 11.5 Å². The average molecular weight is 275 g/mol. The van der Waals surface area contributed by atoms with Gasteiger partial charge in [-0.1, -0.05) is 29.8 Å². The Morgan fingerprint density at radius 3 is 2.84 bits per heavy atom. The van der Waals surface area contributed by atoms with Crippen molar-refractivity contribution in [2.45, 2.75) is 6.61 Å². The number of halogens is 1. The van der Waals surface area contributed by atoms with Gasteiger partial charge in [0, 0.05) is 17.0 Å². The van der Waals surface area contributed by atoms with E-state index >= 15 is 0 Å². The van der Waals surface area contributed by atoms with Crippen LogP contribution in [0.3, 0.4) is 0 Å². The van der Waals surface area contributed by atoms with E-state index in [9.17, 15) is 5.11 Å². The van der Waals surface area contributed by atoms with Gasteiger partial charge in [0.15, 0.2) is 5.58 Å². The van der Waals surface area contributed by atoms with Crippen LogP contribution in [0.5, 0.6) is 11.5 Å². The van der Waals surface area contributed by atoms with Gasteiger partial charge in [0.05, 0.1) is 11.3 Å². The summed E-state index contributed by atoms with van der Waals surface area (Å²) in [6, 6.07) is 12.3. The van der Waals surface area contributed by atoms with Crippen molar-refractivity contribution in [1.29, 1.82) is 0 Å². The number of furan rings is 1. The Labute approximate surface area is 115 Å². The molecule has 0 bridgehead atoms. The van der Waals surface area contributed by atoms with Gasteiger partial charge in [-0.05, 0) is 18.2 Å². The van der Waals surface area contributed by atoms with Gasteiger partial charge < -0.3 is 14.3 Å². The van der Waals surface area contributed by atoms with E-state index in [1.54, 1.807) is 36.6 Å². The predicted molar refractivity (Wildman–Crippen MR) is 73.7 cm³/mol. The fourth-order valence-corrected chi connectivity index (χ4v) is 2.14. The van der Waals surface area contributed by atoms with Crippen molar-refractivity contribution in [3.63, 3.8) is 0 Å². The maximum absolute atomic E-state index is 9.36. The van der Waals surface area contributed by atoms with Crippen LogP contribution in [0.1, 0.15) is 5.56 Å². The summed E-state index contributed by atoms with van der Waals surface area (Å²) >= 11 is 6.04. The molecule has 0 aliphatic carbocycles. The standard InChI is InChI=1S/C15H11ClO3/c16-14-6-2-5-13-10(9-19-15(13)14)8-18-12-4-1-3-11(17)7-12/h1-7,9,17H,8H2. The Hall–Kier alpha value is -2.13. The number of hydrogen-bond donors (Lipinski definition) is 1. The first-order chi connectivity index (χ1) is 9.24. The van der Waals surface area contributed by atoms with Crippen LogP contribution >= 0.6 is 11.6 Å². The second-order valence-electron chi connectivity index (χ2n) is 4.16.